The standard InChI is InChI=1S/C34H58N8O11/c1-16(2)12-21(34(53)42-11-9-10-22(42)30(49)37-14-23(43)36-15-25(46)47)38-31(50)26(17(3)4)40-33(52)28(19(7)8)41-32(51)27(18(5)6)39-29(48)20(35)13-24(44)45/h16-22,26-28H,9-15,35H2,1-8H3,(H,36,43)(H,37,49)(H,38,50)(H,39,48)(H,40,52)(H,41,51)(H,44,45)(H,46,47)/t20-,21-,22-,26-,27-,28-/m0/s1. The summed E-state index contributed by atoms with van der Waals surface area (Å²) in [6.07, 6.45) is 0.346. The molecule has 0 aromatic rings. The van der Waals surface area contributed by atoms with Gasteiger partial charge in [0, 0.05) is 6.54 Å². The molecular formula is C34H58N8O11. The minimum absolute atomic E-state index is 0.0715. The quantitative estimate of drug-likeness (QED) is 0.0618. The van der Waals surface area contributed by atoms with Crippen molar-refractivity contribution in [1.29, 1.82) is 0 Å². The van der Waals surface area contributed by atoms with Gasteiger partial charge in [-0.05, 0) is 42.9 Å². The van der Waals surface area contributed by atoms with Crippen molar-refractivity contribution < 1.29 is 53.4 Å². The van der Waals surface area contributed by atoms with E-state index in [0.717, 1.165) is 0 Å². The van der Waals surface area contributed by atoms with Gasteiger partial charge in [-0.15, -0.1) is 0 Å². The first kappa shape index (κ1) is 46.2. The van der Waals surface area contributed by atoms with Crippen LogP contribution in [0.1, 0.15) is 81.1 Å². The molecule has 6 atom stereocenters. The number of carbonyl (C=O) groups excluding carboxylic acids is 7. The largest absolute Gasteiger partial charge is 0.481 e. The van der Waals surface area contributed by atoms with Crippen molar-refractivity contribution in [3.63, 3.8) is 0 Å². The second kappa shape index (κ2) is 21.7. The maximum Gasteiger partial charge on any atom is 0.322 e. The maximum absolute atomic E-state index is 13.9. The van der Waals surface area contributed by atoms with Crippen LogP contribution in [0.2, 0.25) is 0 Å². The molecule has 0 saturated carbocycles. The number of nitrogens with one attached hydrogen (secondary N) is 6. The van der Waals surface area contributed by atoms with E-state index in [1.165, 1.54) is 4.90 Å². The first-order valence-corrected chi connectivity index (χ1v) is 17.8. The van der Waals surface area contributed by atoms with Crippen LogP contribution in [0.15, 0.2) is 0 Å². The number of nitrogens with two attached hydrogens (primary N) is 1. The Morgan fingerprint density at radius 2 is 1.13 bits per heavy atom. The molecule has 0 aromatic carbocycles. The molecule has 0 unspecified atom stereocenters. The number of carboxylic acid groups (broad SMARTS) is 2. The number of aliphatic carboxylic acids is 2. The predicted octanol–water partition coefficient (Wildman–Crippen LogP) is -1.95. The molecule has 1 rings (SSSR count). The molecule has 53 heavy (non-hydrogen) atoms. The van der Waals surface area contributed by atoms with Crippen molar-refractivity contribution in [1.82, 2.24) is 36.8 Å². The summed E-state index contributed by atoms with van der Waals surface area (Å²) in [5.41, 5.74) is 5.65. The minimum Gasteiger partial charge on any atom is -0.481 e. The van der Waals surface area contributed by atoms with Crippen LogP contribution in [0.3, 0.4) is 0 Å². The SMILES string of the molecule is CC(C)C[C@H](NC(=O)[C@@H](NC(=O)[C@@H](NC(=O)[C@@H](NC(=O)[C@@H](N)CC(=O)O)C(C)C)C(C)C)C(C)C)C(=O)N1CCC[C@H]1C(=O)NCC(=O)NCC(=O)O. The van der Waals surface area contributed by atoms with Crippen LogP contribution < -0.4 is 37.6 Å². The van der Waals surface area contributed by atoms with E-state index in [1.807, 2.05) is 13.8 Å². The highest BCUT2D eigenvalue weighted by molar-refractivity contribution is 5.97. The van der Waals surface area contributed by atoms with Crippen LogP contribution in [0.25, 0.3) is 0 Å². The van der Waals surface area contributed by atoms with E-state index in [0.29, 0.717) is 12.8 Å². The molecule has 300 valence electrons. The molecule has 10 N–H and O–H groups in total. The lowest BCUT2D eigenvalue weighted by Crippen LogP contribution is -2.62. The molecule has 19 heteroatoms. The molecule has 19 nitrogen and oxygen atoms in total. The molecule has 0 radical (unpaired) electrons. The Morgan fingerprint density at radius 1 is 0.660 bits per heavy atom. The van der Waals surface area contributed by atoms with E-state index in [9.17, 15) is 43.2 Å². The van der Waals surface area contributed by atoms with Gasteiger partial charge in [0.1, 0.15) is 36.8 Å². The van der Waals surface area contributed by atoms with Gasteiger partial charge in [0.15, 0.2) is 0 Å². The summed E-state index contributed by atoms with van der Waals surface area (Å²) in [4.78, 5) is 115. The number of carboxylic acids is 2. The van der Waals surface area contributed by atoms with Crippen LogP contribution in [0, 0.1) is 23.7 Å². The Bertz CT molecular complexity index is 1350. The fourth-order valence-electron chi connectivity index (χ4n) is 5.61. The van der Waals surface area contributed by atoms with Crippen LogP contribution in [-0.4, -0.2) is 124 Å². The highest BCUT2D eigenvalue weighted by atomic mass is 16.4. The normalized spacial score (nSPS) is 17.0. The average Bonchev–Trinajstić information content (AvgIpc) is 3.54. The Kier molecular flexibility index (Phi) is 18.9. The first-order valence-electron chi connectivity index (χ1n) is 17.8. The zero-order valence-electron chi connectivity index (χ0n) is 31.8. The van der Waals surface area contributed by atoms with Crippen molar-refractivity contribution in [3.05, 3.63) is 0 Å². The Balaban J connectivity index is 3.12. The van der Waals surface area contributed by atoms with Crippen molar-refractivity contribution in [2.75, 3.05) is 19.6 Å². The van der Waals surface area contributed by atoms with Gasteiger partial charge in [0.25, 0.3) is 0 Å². The summed E-state index contributed by atoms with van der Waals surface area (Å²) in [5, 5.41) is 32.8. The predicted molar refractivity (Wildman–Crippen MR) is 190 cm³/mol. The summed E-state index contributed by atoms with van der Waals surface area (Å²) in [6, 6.07) is -6.87. The Morgan fingerprint density at radius 3 is 1.57 bits per heavy atom. The van der Waals surface area contributed by atoms with Crippen molar-refractivity contribution >= 4 is 53.3 Å². The van der Waals surface area contributed by atoms with Gasteiger partial charge in [-0.25, -0.2) is 0 Å². The van der Waals surface area contributed by atoms with Gasteiger partial charge < -0.3 is 52.7 Å². The number of nitrogens with zero attached hydrogens (tertiary/aromatic N) is 1. The number of amides is 7. The molecule has 7 amide bonds. The number of likely N-dealkylation sites (tertiary alicyclic amines) is 1. The zero-order valence-corrected chi connectivity index (χ0v) is 31.8. The van der Waals surface area contributed by atoms with Gasteiger partial charge in [-0.2, -0.15) is 0 Å². The lowest BCUT2D eigenvalue weighted by molar-refractivity contribution is -0.142. The third kappa shape index (κ3) is 15.4. The second-order valence-electron chi connectivity index (χ2n) is 14.7. The molecule has 1 heterocycles. The number of hydrogen-bond donors (Lipinski definition) is 9. The molecule has 1 aliphatic heterocycles. The molecule has 1 saturated heterocycles. The molecule has 0 aromatic heterocycles. The number of rotatable bonds is 21. The van der Waals surface area contributed by atoms with Crippen LogP contribution in [0.5, 0.6) is 0 Å². The fourth-order valence-corrected chi connectivity index (χ4v) is 5.61. The molecule has 0 bridgehead atoms. The van der Waals surface area contributed by atoms with Gasteiger partial charge in [0.2, 0.25) is 41.4 Å². The highest BCUT2D eigenvalue weighted by Gasteiger charge is 2.40. The van der Waals surface area contributed by atoms with Crippen LogP contribution in [0.4, 0.5) is 0 Å². The molecular weight excluding hydrogens is 696 g/mol. The fraction of sp³-hybridized carbons (Fsp3) is 0.735. The summed E-state index contributed by atoms with van der Waals surface area (Å²) in [7, 11) is 0. The first-order chi connectivity index (χ1) is 24.6. The summed E-state index contributed by atoms with van der Waals surface area (Å²) in [6.45, 7) is 12.8. The smallest absolute Gasteiger partial charge is 0.322 e. The molecule has 0 aliphatic carbocycles. The van der Waals surface area contributed by atoms with Crippen LogP contribution in [-0.2, 0) is 43.2 Å². The monoisotopic (exact) mass is 754 g/mol. The summed E-state index contributed by atoms with van der Waals surface area (Å²) < 4.78 is 0. The zero-order chi connectivity index (χ0) is 40.7. The lowest BCUT2D eigenvalue weighted by Gasteiger charge is -2.32. The van der Waals surface area contributed by atoms with E-state index >= 15 is 0 Å². The van der Waals surface area contributed by atoms with E-state index < -0.39 is 127 Å². The third-order valence-electron chi connectivity index (χ3n) is 8.49. The minimum atomic E-state index is -1.40. The topological polar surface area (TPSA) is 296 Å². The highest BCUT2D eigenvalue weighted by Crippen LogP contribution is 2.21. The lowest BCUT2D eigenvalue weighted by atomic mass is 9.97. The maximum atomic E-state index is 13.9. The van der Waals surface area contributed by atoms with Gasteiger partial charge in [-0.3, -0.25) is 43.2 Å². The van der Waals surface area contributed by atoms with E-state index in [2.05, 4.69) is 31.9 Å². The summed E-state index contributed by atoms with van der Waals surface area (Å²) >= 11 is 0. The molecule has 0 spiro atoms. The van der Waals surface area contributed by atoms with Gasteiger partial charge >= 0.3 is 11.9 Å². The average molecular weight is 755 g/mol. The molecule has 1 fully saturated rings. The number of hydrogen-bond acceptors (Lipinski definition) is 10. The second-order valence-corrected chi connectivity index (χ2v) is 14.7. The number of carbonyl (C=O) groups is 9. The Labute approximate surface area is 309 Å². The van der Waals surface area contributed by atoms with E-state index in [1.54, 1.807) is 41.5 Å². The third-order valence-corrected chi connectivity index (χ3v) is 8.49. The van der Waals surface area contributed by atoms with E-state index in [-0.39, 0.29) is 18.9 Å². The van der Waals surface area contributed by atoms with Crippen LogP contribution >= 0.6 is 0 Å². The van der Waals surface area contributed by atoms with Gasteiger partial charge in [-0.1, -0.05) is 55.4 Å². The van der Waals surface area contributed by atoms with Crippen molar-refractivity contribution in [2.45, 2.75) is 117 Å². The van der Waals surface area contributed by atoms with Gasteiger partial charge in [0.05, 0.1) is 19.0 Å². The van der Waals surface area contributed by atoms with Crippen molar-refractivity contribution in [3.8, 4) is 0 Å². The summed E-state index contributed by atoms with van der Waals surface area (Å²) in [5.74, 6) is -8.83. The van der Waals surface area contributed by atoms with Crippen molar-refractivity contribution in [2.24, 2.45) is 29.4 Å². The Hall–Kier alpha value is -4.81. The molecule has 1 aliphatic rings. The van der Waals surface area contributed by atoms with E-state index in [4.69, 9.17) is 15.9 Å².